The van der Waals surface area contributed by atoms with Gasteiger partial charge in [-0.15, -0.1) is 0 Å². The van der Waals surface area contributed by atoms with Gasteiger partial charge in [0.05, 0.1) is 28.5 Å². The second kappa shape index (κ2) is 5.41. The SMILES string of the molecule is CN1CCN(C(=O)C2CCS(=O)(=O)C2)c2nc3ccccc3nc21. The lowest BCUT2D eigenvalue weighted by Crippen LogP contribution is -2.46. The van der Waals surface area contributed by atoms with E-state index < -0.39 is 15.8 Å². The van der Waals surface area contributed by atoms with Gasteiger partial charge in [0, 0.05) is 20.1 Å². The lowest BCUT2D eigenvalue weighted by atomic mass is 10.1. The molecule has 0 aliphatic carbocycles. The molecular weight excluding hydrogens is 328 g/mol. The van der Waals surface area contributed by atoms with Crippen LogP contribution in [0.5, 0.6) is 0 Å². The van der Waals surface area contributed by atoms with Crippen molar-refractivity contribution in [1.82, 2.24) is 9.97 Å². The molecule has 7 nitrogen and oxygen atoms in total. The second-order valence-corrected chi connectivity index (χ2v) is 8.60. The normalized spacial score (nSPS) is 22.6. The van der Waals surface area contributed by atoms with Crippen LogP contribution in [0.3, 0.4) is 0 Å². The number of likely N-dealkylation sites (N-methyl/N-ethyl adjacent to an activating group) is 1. The first-order valence-electron chi connectivity index (χ1n) is 7.94. The van der Waals surface area contributed by atoms with Crippen LogP contribution in [0.25, 0.3) is 11.0 Å². The summed E-state index contributed by atoms with van der Waals surface area (Å²) in [7, 11) is -1.18. The number of carbonyl (C=O) groups excluding carboxylic acids is 1. The molecule has 2 aromatic rings. The lowest BCUT2D eigenvalue weighted by molar-refractivity contribution is -0.121. The van der Waals surface area contributed by atoms with Gasteiger partial charge < -0.3 is 4.90 Å². The smallest absolute Gasteiger partial charge is 0.232 e. The van der Waals surface area contributed by atoms with Gasteiger partial charge in [-0.3, -0.25) is 9.69 Å². The van der Waals surface area contributed by atoms with Crippen LogP contribution in [0.1, 0.15) is 6.42 Å². The average molecular weight is 346 g/mol. The molecule has 1 aromatic heterocycles. The van der Waals surface area contributed by atoms with Crippen molar-refractivity contribution in [2.75, 3.05) is 41.4 Å². The Labute approximate surface area is 140 Å². The number of para-hydroxylation sites is 2. The Balaban J connectivity index is 1.75. The van der Waals surface area contributed by atoms with Crippen LogP contribution < -0.4 is 9.80 Å². The highest BCUT2D eigenvalue weighted by atomic mass is 32.2. The fourth-order valence-electron chi connectivity index (χ4n) is 3.31. The fourth-order valence-corrected chi connectivity index (χ4v) is 5.04. The summed E-state index contributed by atoms with van der Waals surface area (Å²) in [6, 6.07) is 7.53. The summed E-state index contributed by atoms with van der Waals surface area (Å²) < 4.78 is 23.4. The number of fused-ring (bicyclic) bond motifs is 2. The number of amides is 1. The number of aromatic nitrogens is 2. The number of anilines is 2. The molecule has 1 unspecified atom stereocenters. The standard InChI is InChI=1S/C16H18N4O3S/c1-19-7-8-20(16(21)11-6-9-24(22,23)10-11)15-14(19)17-12-4-2-3-5-13(12)18-15/h2-5,11H,6-10H2,1H3. The molecule has 4 rings (SSSR count). The average Bonchev–Trinajstić information content (AvgIpc) is 2.93. The first-order chi connectivity index (χ1) is 11.4. The monoisotopic (exact) mass is 346 g/mol. The van der Waals surface area contributed by atoms with Gasteiger partial charge in [-0.1, -0.05) is 12.1 Å². The molecule has 1 atom stereocenters. The molecule has 1 saturated heterocycles. The molecule has 1 aromatic carbocycles. The summed E-state index contributed by atoms with van der Waals surface area (Å²) in [4.78, 5) is 25.7. The van der Waals surface area contributed by atoms with Gasteiger partial charge in [0.1, 0.15) is 0 Å². The molecule has 0 bridgehead atoms. The molecule has 2 aliphatic heterocycles. The minimum absolute atomic E-state index is 0.0610. The predicted octanol–water partition coefficient (Wildman–Crippen LogP) is 0.847. The molecule has 24 heavy (non-hydrogen) atoms. The third kappa shape index (κ3) is 2.50. The number of rotatable bonds is 1. The highest BCUT2D eigenvalue weighted by Gasteiger charge is 2.38. The summed E-state index contributed by atoms with van der Waals surface area (Å²) in [6.07, 6.45) is 0.393. The zero-order valence-corrected chi connectivity index (χ0v) is 14.2. The summed E-state index contributed by atoms with van der Waals surface area (Å²) in [6.45, 7) is 1.14. The quantitative estimate of drug-likeness (QED) is 0.761. The maximum Gasteiger partial charge on any atom is 0.232 e. The van der Waals surface area contributed by atoms with Crippen molar-refractivity contribution in [2.45, 2.75) is 6.42 Å². The summed E-state index contributed by atoms with van der Waals surface area (Å²) in [5.74, 6) is 0.586. The van der Waals surface area contributed by atoms with E-state index in [0.29, 0.717) is 31.1 Å². The van der Waals surface area contributed by atoms with Crippen LogP contribution in [0.15, 0.2) is 24.3 Å². The van der Waals surface area contributed by atoms with E-state index >= 15 is 0 Å². The number of nitrogens with zero attached hydrogens (tertiary/aromatic N) is 4. The minimum atomic E-state index is -3.10. The Bertz CT molecular complexity index is 928. The van der Waals surface area contributed by atoms with E-state index in [1.807, 2.05) is 36.2 Å². The first-order valence-corrected chi connectivity index (χ1v) is 9.76. The van der Waals surface area contributed by atoms with Gasteiger partial charge in [0.15, 0.2) is 21.5 Å². The van der Waals surface area contributed by atoms with E-state index in [4.69, 9.17) is 0 Å². The molecule has 0 saturated carbocycles. The second-order valence-electron chi connectivity index (χ2n) is 6.37. The van der Waals surface area contributed by atoms with E-state index in [9.17, 15) is 13.2 Å². The van der Waals surface area contributed by atoms with Gasteiger partial charge in [-0.05, 0) is 18.6 Å². The zero-order valence-electron chi connectivity index (χ0n) is 13.3. The predicted molar refractivity (Wildman–Crippen MR) is 91.9 cm³/mol. The van der Waals surface area contributed by atoms with Gasteiger partial charge in [-0.2, -0.15) is 0 Å². The summed E-state index contributed by atoms with van der Waals surface area (Å²) in [5.41, 5.74) is 1.50. The molecule has 126 valence electrons. The third-order valence-corrected chi connectivity index (χ3v) is 6.43. The van der Waals surface area contributed by atoms with E-state index in [-0.39, 0.29) is 17.4 Å². The van der Waals surface area contributed by atoms with E-state index in [1.54, 1.807) is 4.90 Å². The van der Waals surface area contributed by atoms with Crippen LogP contribution in [-0.4, -0.2) is 55.9 Å². The number of benzene rings is 1. The molecule has 0 spiro atoms. The van der Waals surface area contributed by atoms with Crippen molar-refractivity contribution < 1.29 is 13.2 Å². The molecule has 3 heterocycles. The highest BCUT2D eigenvalue weighted by molar-refractivity contribution is 7.91. The maximum atomic E-state index is 12.9. The van der Waals surface area contributed by atoms with Crippen molar-refractivity contribution in [1.29, 1.82) is 0 Å². The Hall–Kier alpha value is -2.22. The topological polar surface area (TPSA) is 83.5 Å². The van der Waals surface area contributed by atoms with E-state index in [0.717, 1.165) is 11.0 Å². The van der Waals surface area contributed by atoms with E-state index in [2.05, 4.69) is 9.97 Å². The molecular formula is C16H18N4O3S. The Morgan fingerprint density at radius 1 is 1.12 bits per heavy atom. The van der Waals surface area contributed by atoms with Gasteiger partial charge in [-0.25, -0.2) is 18.4 Å². The number of carbonyl (C=O) groups is 1. The Morgan fingerprint density at radius 2 is 1.79 bits per heavy atom. The van der Waals surface area contributed by atoms with Gasteiger partial charge in [0.2, 0.25) is 5.91 Å². The minimum Gasteiger partial charge on any atom is -0.355 e. The molecule has 1 fully saturated rings. The molecule has 0 radical (unpaired) electrons. The molecule has 2 aliphatic rings. The number of hydrogen-bond donors (Lipinski definition) is 0. The highest BCUT2D eigenvalue weighted by Crippen LogP contribution is 2.33. The largest absolute Gasteiger partial charge is 0.355 e. The first kappa shape index (κ1) is 15.3. The van der Waals surface area contributed by atoms with Crippen LogP contribution >= 0.6 is 0 Å². The number of hydrogen-bond acceptors (Lipinski definition) is 6. The van der Waals surface area contributed by atoms with Gasteiger partial charge >= 0.3 is 0 Å². The van der Waals surface area contributed by atoms with Crippen molar-refractivity contribution in [3.8, 4) is 0 Å². The third-order valence-electron chi connectivity index (χ3n) is 4.66. The summed E-state index contributed by atoms with van der Waals surface area (Å²) in [5, 5.41) is 0. The van der Waals surface area contributed by atoms with Crippen molar-refractivity contribution >= 4 is 38.4 Å². The summed E-state index contributed by atoms with van der Waals surface area (Å²) >= 11 is 0. The Kier molecular flexibility index (Phi) is 3.45. The molecule has 8 heteroatoms. The van der Waals surface area contributed by atoms with Gasteiger partial charge in [0.25, 0.3) is 0 Å². The molecule has 1 amide bonds. The van der Waals surface area contributed by atoms with Crippen molar-refractivity contribution in [2.24, 2.45) is 5.92 Å². The fraction of sp³-hybridized carbons (Fsp3) is 0.438. The van der Waals surface area contributed by atoms with Crippen LogP contribution in [0.4, 0.5) is 11.6 Å². The van der Waals surface area contributed by atoms with Crippen LogP contribution in [0.2, 0.25) is 0 Å². The van der Waals surface area contributed by atoms with Crippen molar-refractivity contribution in [3.05, 3.63) is 24.3 Å². The van der Waals surface area contributed by atoms with Crippen LogP contribution in [-0.2, 0) is 14.6 Å². The lowest BCUT2D eigenvalue weighted by Gasteiger charge is -2.34. The van der Waals surface area contributed by atoms with Crippen LogP contribution in [0, 0.1) is 5.92 Å². The number of sulfone groups is 1. The zero-order chi connectivity index (χ0) is 16.9. The van der Waals surface area contributed by atoms with E-state index in [1.165, 1.54) is 0 Å². The Morgan fingerprint density at radius 3 is 2.42 bits per heavy atom. The van der Waals surface area contributed by atoms with Crippen molar-refractivity contribution in [3.63, 3.8) is 0 Å². The maximum absolute atomic E-state index is 12.9. The molecule has 0 N–H and O–H groups in total.